The number of rotatable bonds is 4. The molecule has 0 aliphatic carbocycles. The molecule has 0 saturated carbocycles. The maximum Gasteiger partial charge on any atom is 0.262 e. The van der Waals surface area contributed by atoms with Crippen LogP contribution in [0.15, 0.2) is 35.7 Å². The summed E-state index contributed by atoms with van der Waals surface area (Å²) in [6.45, 7) is 5.95. The molecule has 2 heterocycles. The summed E-state index contributed by atoms with van der Waals surface area (Å²) in [6, 6.07) is 9.96. The molecule has 0 radical (unpaired) electrons. The number of carbonyl (C=O) groups is 1. The van der Waals surface area contributed by atoms with Crippen molar-refractivity contribution in [2.75, 3.05) is 11.9 Å². The lowest BCUT2D eigenvalue weighted by molar-refractivity contribution is -0.118. The number of hydrogen-bond donors (Lipinski definition) is 1. The number of para-hydroxylation sites is 1. The highest BCUT2D eigenvalue weighted by atomic mass is 32.1. The van der Waals surface area contributed by atoms with Gasteiger partial charge in [0.2, 0.25) is 0 Å². The van der Waals surface area contributed by atoms with Crippen LogP contribution in [0.1, 0.15) is 16.1 Å². The first-order chi connectivity index (χ1) is 12.5. The largest absolute Gasteiger partial charge is 0.483 e. The molecule has 4 aromatic rings. The van der Waals surface area contributed by atoms with Gasteiger partial charge in [-0.1, -0.05) is 18.2 Å². The number of thiophene rings is 1. The minimum atomic E-state index is -0.161. The van der Waals surface area contributed by atoms with Gasteiger partial charge in [0.15, 0.2) is 6.61 Å². The van der Waals surface area contributed by atoms with E-state index in [4.69, 9.17) is 4.74 Å². The number of benzene rings is 2. The normalized spacial score (nSPS) is 11.2. The van der Waals surface area contributed by atoms with Crippen molar-refractivity contribution in [1.82, 2.24) is 4.98 Å². The Morgan fingerprint density at radius 3 is 2.73 bits per heavy atom. The second kappa shape index (κ2) is 6.70. The minimum Gasteiger partial charge on any atom is -0.483 e. The molecule has 0 saturated heterocycles. The maximum atomic E-state index is 12.4. The molecule has 26 heavy (non-hydrogen) atoms. The topological polar surface area (TPSA) is 51.2 Å². The summed E-state index contributed by atoms with van der Waals surface area (Å²) >= 11 is 3.29. The van der Waals surface area contributed by atoms with Crippen molar-refractivity contribution in [3.05, 3.63) is 51.8 Å². The number of nitrogens with zero attached hydrogens (tertiary/aromatic N) is 1. The van der Waals surface area contributed by atoms with Gasteiger partial charge in [0.05, 0.1) is 19.9 Å². The summed E-state index contributed by atoms with van der Waals surface area (Å²) < 4.78 is 8.08. The highest BCUT2D eigenvalue weighted by Crippen LogP contribution is 2.38. The molecule has 2 aromatic heterocycles. The number of ether oxygens (including phenoxy) is 1. The molecule has 4 rings (SSSR count). The van der Waals surface area contributed by atoms with E-state index < -0.39 is 0 Å². The monoisotopic (exact) mass is 382 g/mol. The molecular formula is C20H18N2O2S2. The fourth-order valence-electron chi connectivity index (χ4n) is 3.04. The number of anilines is 1. The molecule has 0 spiro atoms. The summed E-state index contributed by atoms with van der Waals surface area (Å²) in [5.41, 5.74) is 3.96. The Balaban J connectivity index is 1.57. The van der Waals surface area contributed by atoms with Crippen LogP contribution in [-0.2, 0) is 4.79 Å². The summed E-state index contributed by atoms with van der Waals surface area (Å²) in [4.78, 5) is 17.0. The molecule has 1 N–H and O–H groups in total. The molecule has 4 nitrogen and oxygen atoms in total. The van der Waals surface area contributed by atoms with Crippen LogP contribution in [0, 0.1) is 20.8 Å². The van der Waals surface area contributed by atoms with Gasteiger partial charge in [0.1, 0.15) is 5.75 Å². The van der Waals surface area contributed by atoms with Crippen molar-refractivity contribution in [2.24, 2.45) is 0 Å². The molecule has 6 heteroatoms. The quantitative estimate of drug-likeness (QED) is 0.510. The van der Waals surface area contributed by atoms with Gasteiger partial charge in [-0.05, 0) is 43.3 Å². The summed E-state index contributed by atoms with van der Waals surface area (Å²) in [5.74, 6) is 0.570. The average Bonchev–Trinajstić information content (AvgIpc) is 3.21. The zero-order valence-electron chi connectivity index (χ0n) is 14.8. The predicted octanol–water partition coefficient (Wildman–Crippen LogP) is 5.45. The lowest BCUT2D eigenvalue weighted by Gasteiger charge is -2.12. The van der Waals surface area contributed by atoms with Crippen LogP contribution in [0.5, 0.6) is 5.75 Å². The van der Waals surface area contributed by atoms with Gasteiger partial charge < -0.3 is 10.1 Å². The smallest absolute Gasteiger partial charge is 0.262 e. The Labute approximate surface area is 159 Å². The van der Waals surface area contributed by atoms with E-state index in [1.807, 2.05) is 56.5 Å². The van der Waals surface area contributed by atoms with Crippen molar-refractivity contribution >= 4 is 54.6 Å². The van der Waals surface area contributed by atoms with Crippen LogP contribution in [0.25, 0.3) is 20.3 Å². The van der Waals surface area contributed by atoms with E-state index in [0.717, 1.165) is 47.9 Å². The summed E-state index contributed by atoms with van der Waals surface area (Å²) in [6.07, 6.45) is 0. The van der Waals surface area contributed by atoms with Gasteiger partial charge in [-0.25, -0.2) is 4.98 Å². The SMILES string of the molecule is Cc1nc2c(cc(OCC(=O)Nc3c(C)cccc3C)c3ccsc32)s1. The van der Waals surface area contributed by atoms with E-state index in [2.05, 4.69) is 10.3 Å². The molecule has 0 atom stereocenters. The maximum absolute atomic E-state index is 12.4. The minimum absolute atomic E-state index is 0.0258. The lowest BCUT2D eigenvalue weighted by Crippen LogP contribution is -2.21. The van der Waals surface area contributed by atoms with Gasteiger partial charge in [0, 0.05) is 17.1 Å². The first-order valence-corrected chi connectivity index (χ1v) is 9.99. The van der Waals surface area contributed by atoms with Crippen molar-refractivity contribution in [1.29, 1.82) is 0 Å². The third-order valence-electron chi connectivity index (χ3n) is 4.27. The van der Waals surface area contributed by atoms with E-state index in [1.54, 1.807) is 22.7 Å². The number of fused-ring (bicyclic) bond motifs is 3. The van der Waals surface area contributed by atoms with E-state index in [0.29, 0.717) is 0 Å². The fraction of sp³-hybridized carbons (Fsp3) is 0.200. The van der Waals surface area contributed by atoms with Crippen molar-refractivity contribution in [3.8, 4) is 5.75 Å². The van der Waals surface area contributed by atoms with Crippen LogP contribution < -0.4 is 10.1 Å². The van der Waals surface area contributed by atoms with Gasteiger partial charge in [0.25, 0.3) is 5.91 Å². The van der Waals surface area contributed by atoms with Crippen molar-refractivity contribution in [2.45, 2.75) is 20.8 Å². The third-order valence-corrected chi connectivity index (χ3v) is 6.11. The van der Waals surface area contributed by atoms with Gasteiger partial charge >= 0.3 is 0 Å². The van der Waals surface area contributed by atoms with Crippen LogP contribution in [0.2, 0.25) is 0 Å². The van der Waals surface area contributed by atoms with E-state index in [-0.39, 0.29) is 12.5 Å². The van der Waals surface area contributed by atoms with E-state index >= 15 is 0 Å². The van der Waals surface area contributed by atoms with Crippen molar-refractivity contribution in [3.63, 3.8) is 0 Å². The second-order valence-corrected chi connectivity index (χ2v) is 8.37. The highest BCUT2D eigenvalue weighted by Gasteiger charge is 2.14. The predicted molar refractivity (Wildman–Crippen MR) is 110 cm³/mol. The first kappa shape index (κ1) is 17.0. The second-order valence-electron chi connectivity index (χ2n) is 6.22. The summed E-state index contributed by atoms with van der Waals surface area (Å²) in [5, 5.41) is 7.03. The highest BCUT2D eigenvalue weighted by molar-refractivity contribution is 7.21. The number of hydrogen-bond acceptors (Lipinski definition) is 5. The number of amides is 1. The molecule has 0 aliphatic rings. The van der Waals surface area contributed by atoms with Crippen molar-refractivity contribution < 1.29 is 9.53 Å². The number of thiazole rings is 1. The molecule has 2 aromatic carbocycles. The molecular weight excluding hydrogens is 364 g/mol. The third kappa shape index (κ3) is 3.06. The zero-order valence-corrected chi connectivity index (χ0v) is 16.4. The Hall–Kier alpha value is -2.44. The number of nitrogens with one attached hydrogen (secondary N) is 1. The van der Waals surface area contributed by atoms with Crippen LogP contribution in [0.3, 0.4) is 0 Å². The molecule has 1 amide bonds. The lowest BCUT2D eigenvalue weighted by atomic mass is 10.1. The number of carbonyl (C=O) groups excluding carboxylic acids is 1. The summed E-state index contributed by atoms with van der Waals surface area (Å²) in [7, 11) is 0. The fourth-order valence-corrected chi connectivity index (χ4v) is 4.87. The van der Waals surface area contributed by atoms with Crippen LogP contribution >= 0.6 is 22.7 Å². The standard InChI is InChI=1S/C20H18N2O2S2/c1-11-5-4-6-12(2)18(11)22-17(23)10-24-15-9-16-19(21-13(3)26-16)20-14(15)7-8-25-20/h4-9H,10H2,1-3H3,(H,22,23). The Morgan fingerprint density at radius 2 is 1.96 bits per heavy atom. The molecule has 0 unspecified atom stereocenters. The Bertz CT molecular complexity index is 1110. The Morgan fingerprint density at radius 1 is 1.19 bits per heavy atom. The molecule has 0 aliphatic heterocycles. The first-order valence-electron chi connectivity index (χ1n) is 8.29. The van der Waals surface area contributed by atoms with E-state index in [1.165, 1.54) is 0 Å². The Kier molecular flexibility index (Phi) is 4.38. The van der Waals surface area contributed by atoms with Gasteiger partial charge in [-0.15, -0.1) is 22.7 Å². The molecule has 0 fully saturated rings. The van der Waals surface area contributed by atoms with Crippen LogP contribution in [0.4, 0.5) is 5.69 Å². The van der Waals surface area contributed by atoms with Gasteiger partial charge in [-0.2, -0.15) is 0 Å². The number of aromatic nitrogens is 1. The van der Waals surface area contributed by atoms with E-state index in [9.17, 15) is 4.79 Å². The van der Waals surface area contributed by atoms with Crippen LogP contribution in [-0.4, -0.2) is 17.5 Å². The number of aryl methyl sites for hydroxylation is 3. The van der Waals surface area contributed by atoms with Gasteiger partial charge in [-0.3, -0.25) is 4.79 Å². The molecule has 132 valence electrons. The average molecular weight is 383 g/mol. The molecule has 0 bridgehead atoms. The zero-order chi connectivity index (χ0) is 18.3.